The standard InChI is InChI=1S/C19H23NO2/c1-4-16(5-2)17-11-12-20-19(21-3)18(17)14-22-13-15-9-7-6-8-10-15/h4,6-12H,5,13-14H2,1-3H3/b16-4-. The molecule has 0 radical (unpaired) electrons. The molecule has 1 aromatic heterocycles. The van der Waals surface area contributed by atoms with Gasteiger partial charge in [0.05, 0.1) is 20.3 Å². The normalized spacial score (nSPS) is 11.5. The van der Waals surface area contributed by atoms with Crippen LogP contribution in [0.3, 0.4) is 0 Å². The van der Waals surface area contributed by atoms with Crippen molar-refractivity contribution in [2.75, 3.05) is 7.11 Å². The van der Waals surface area contributed by atoms with Gasteiger partial charge in [-0.1, -0.05) is 43.3 Å². The minimum absolute atomic E-state index is 0.485. The Balaban J connectivity index is 2.17. The fourth-order valence-corrected chi connectivity index (χ4v) is 2.48. The zero-order valence-electron chi connectivity index (χ0n) is 13.5. The molecule has 3 nitrogen and oxygen atoms in total. The second-order valence-corrected chi connectivity index (χ2v) is 4.99. The molecule has 0 aliphatic rings. The lowest BCUT2D eigenvalue weighted by Crippen LogP contribution is -2.03. The maximum atomic E-state index is 5.88. The molecule has 0 saturated heterocycles. The lowest BCUT2D eigenvalue weighted by atomic mass is 9.99. The van der Waals surface area contributed by atoms with Crippen LogP contribution in [0.15, 0.2) is 48.7 Å². The van der Waals surface area contributed by atoms with Gasteiger partial charge in [-0.05, 0) is 36.1 Å². The number of methoxy groups -OCH3 is 1. The summed E-state index contributed by atoms with van der Waals surface area (Å²) in [6.45, 7) is 5.27. The molecule has 0 saturated carbocycles. The predicted molar refractivity (Wildman–Crippen MR) is 89.7 cm³/mol. The van der Waals surface area contributed by atoms with Crippen molar-refractivity contribution in [1.82, 2.24) is 4.98 Å². The maximum Gasteiger partial charge on any atom is 0.219 e. The van der Waals surface area contributed by atoms with Gasteiger partial charge in [-0.2, -0.15) is 0 Å². The second-order valence-electron chi connectivity index (χ2n) is 4.99. The molecule has 0 aliphatic heterocycles. The summed E-state index contributed by atoms with van der Waals surface area (Å²) in [5, 5.41) is 0. The number of aromatic nitrogens is 1. The van der Waals surface area contributed by atoms with Gasteiger partial charge < -0.3 is 9.47 Å². The summed E-state index contributed by atoms with van der Waals surface area (Å²) >= 11 is 0. The topological polar surface area (TPSA) is 31.4 Å². The summed E-state index contributed by atoms with van der Waals surface area (Å²) < 4.78 is 11.3. The highest BCUT2D eigenvalue weighted by Crippen LogP contribution is 2.28. The first kappa shape index (κ1) is 16.2. The Labute approximate surface area is 132 Å². The molecule has 0 spiro atoms. The molecule has 3 heteroatoms. The number of ether oxygens (including phenoxy) is 2. The van der Waals surface area contributed by atoms with E-state index in [1.807, 2.05) is 24.3 Å². The molecule has 2 rings (SSSR count). The van der Waals surface area contributed by atoms with E-state index >= 15 is 0 Å². The van der Waals surface area contributed by atoms with Crippen molar-refractivity contribution in [3.63, 3.8) is 0 Å². The van der Waals surface area contributed by atoms with E-state index in [1.54, 1.807) is 13.3 Å². The third-order valence-corrected chi connectivity index (χ3v) is 3.64. The molecule has 0 bridgehead atoms. The Morgan fingerprint density at radius 1 is 1.14 bits per heavy atom. The zero-order chi connectivity index (χ0) is 15.8. The van der Waals surface area contributed by atoms with Gasteiger partial charge >= 0.3 is 0 Å². The van der Waals surface area contributed by atoms with E-state index < -0.39 is 0 Å². The molecule has 0 unspecified atom stereocenters. The van der Waals surface area contributed by atoms with Crippen molar-refractivity contribution < 1.29 is 9.47 Å². The third kappa shape index (κ3) is 3.95. The van der Waals surface area contributed by atoms with Gasteiger partial charge in [0.25, 0.3) is 0 Å². The van der Waals surface area contributed by atoms with Gasteiger partial charge in [0.1, 0.15) is 0 Å². The fraction of sp³-hybridized carbons (Fsp3) is 0.316. The van der Waals surface area contributed by atoms with Crippen LogP contribution in [-0.4, -0.2) is 12.1 Å². The van der Waals surface area contributed by atoms with Crippen molar-refractivity contribution in [2.24, 2.45) is 0 Å². The van der Waals surface area contributed by atoms with Crippen LogP contribution in [0, 0.1) is 0 Å². The summed E-state index contributed by atoms with van der Waals surface area (Å²) in [4.78, 5) is 4.31. The van der Waals surface area contributed by atoms with Crippen molar-refractivity contribution in [3.05, 3.63) is 65.4 Å². The molecule has 0 aliphatic carbocycles. The van der Waals surface area contributed by atoms with E-state index in [1.165, 1.54) is 5.57 Å². The summed E-state index contributed by atoms with van der Waals surface area (Å²) in [7, 11) is 1.65. The first-order chi connectivity index (χ1) is 10.8. The van der Waals surface area contributed by atoms with Crippen LogP contribution in [-0.2, 0) is 18.0 Å². The number of benzene rings is 1. The predicted octanol–water partition coefficient (Wildman–Crippen LogP) is 4.62. The third-order valence-electron chi connectivity index (χ3n) is 3.64. The molecular weight excluding hydrogens is 274 g/mol. The van der Waals surface area contributed by atoms with Gasteiger partial charge in [0.2, 0.25) is 5.88 Å². The van der Waals surface area contributed by atoms with Crippen LogP contribution in [0.5, 0.6) is 5.88 Å². The van der Waals surface area contributed by atoms with Gasteiger partial charge in [0.15, 0.2) is 0 Å². The minimum atomic E-state index is 0.485. The number of rotatable bonds is 7. The Morgan fingerprint density at radius 3 is 2.55 bits per heavy atom. The van der Waals surface area contributed by atoms with Gasteiger partial charge in [-0.3, -0.25) is 0 Å². The maximum absolute atomic E-state index is 5.88. The summed E-state index contributed by atoms with van der Waals surface area (Å²) in [5.41, 5.74) is 4.61. The van der Waals surface area contributed by atoms with E-state index in [4.69, 9.17) is 9.47 Å². The molecule has 0 N–H and O–H groups in total. The van der Waals surface area contributed by atoms with Crippen LogP contribution in [0.2, 0.25) is 0 Å². The van der Waals surface area contributed by atoms with Crippen LogP contribution in [0.25, 0.3) is 5.57 Å². The molecule has 1 aromatic carbocycles. The van der Waals surface area contributed by atoms with Gasteiger partial charge in [0, 0.05) is 11.8 Å². The van der Waals surface area contributed by atoms with E-state index in [9.17, 15) is 0 Å². The van der Waals surface area contributed by atoms with E-state index in [2.05, 4.69) is 37.0 Å². The largest absolute Gasteiger partial charge is 0.481 e. The Morgan fingerprint density at radius 2 is 1.91 bits per heavy atom. The van der Waals surface area contributed by atoms with E-state index in [0.717, 1.165) is 23.1 Å². The van der Waals surface area contributed by atoms with Crippen molar-refractivity contribution in [2.45, 2.75) is 33.5 Å². The average molecular weight is 297 g/mol. The first-order valence-electron chi connectivity index (χ1n) is 7.59. The molecule has 22 heavy (non-hydrogen) atoms. The molecule has 0 fully saturated rings. The number of pyridine rings is 1. The number of allylic oxidation sites excluding steroid dienone is 2. The van der Waals surface area contributed by atoms with Gasteiger partial charge in [-0.15, -0.1) is 0 Å². The average Bonchev–Trinajstić information content (AvgIpc) is 2.58. The summed E-state index contributed by atoms with van der Waals surface area (Å²) in [5.74, 6) is 0.637. The Hall–Kier alpha value is -2.13. The second kappa shape index (κ2) is 8.35. The Kier molecular flexibility index (Phi) is 6.16. The highest BCUT2D eigenvalue weighted by molar-refractivity contribution is 5.69. The van der Waals surface area contributed by atoms with E-state index in [-0.39, 0.29) is 0 Å². The molecular formula is C19H23NO2. The lowest BCUT2D eigenvalue weighted by molar-refractivity contribution is 0.105. The zero-order valence-corrected chi connectivity index (χ0v) is 13.5. The van der Waals surface area contributed by atoms with E-state index in [0.29, 0.717) is 19.1 Å². The Bertz CT molecular complexity index is 621. The number of hydrogen-bond acceptors (Lipinski definition) is 3. The number of nitrogens with zero attached hydrogens (tertiary/aromatic N) is 1. The summed E-state index contributed by atoms with van der Waals surface area (Å²) in [6.07, 6.45) is 4.89. The van der Waals surface area contributed by atoms with Crippen molar-refractivity contribution in [3.8, 4) is 5.88 Å². The minimum Gasteiger partial charge on any atom is -0.481 e. The monoisotopic (exact) mass is 297 g/mol. The molecule has 0 amide bonds. The molecule has 1 heterocycles. The summed E-state index contributed by atoms with van der Waals surface area (Å²) in [6, 6.07) is 12.2. The highest BCUT2D eigenvalue weighted by Gasteiger charge is 2.13. The number of hydrogen-bond donors (Lipinski definition) is 0. The SMILES string of the molecule is C/C=C(/CC)c1ccnc(OC)c1COCc1ccccc1. The fourth-order valence-electron chi connectivity index (χ4n) is 2.48. The van der Waals surface area contributed by atoms with Gasteiger partial charge in [-0.25, -0.2) is 4.98 Å². The highest BCUT2D eigenvalue weighted by atomic mass is 16.5. The van der Waals surface area contributed by atoms with Crippen LogP contribution in [0.1, 0.15) is 37.0 Å². The van der Waals surface area contributed by atoms with Crippen LogP contribution >= 0.6 is 0 Å². The van der Waals surface area contributed by atoms with Crippen molar-refractivity contribution in [1.29, 1.82) is 0 Å². The molecule has 0 atom stereocenters. The smallest absolute Gasteiger partial charge is 0.219 e. The van der Waals surface area contributed by atoms with Crippen LogP contribution < -0.4 is 4.74 Å². The lowest BCUT2D eigenvalue weighted by Gasteiger charge is -2.15. The van der Waals surface area contributed by atoms with Crippen LogP contribution in [0.4, 0.5) is 0 Å². The molecule has 2 aromatic rings. The molecule has 116 valence electrons. The van der Waals surface area contributed by atoms with Crippen molar-refractivity contribution >= 4 is 5.57 Å². The first-order valence-corrected chi connectivity index (χ1v) is 7.59. The quantitative estimate of drug-likeness (QED) is 0.747.